The molecule has 94 valence electrons. The van der Waals surface area contributed by atoms with Crippen molar-refractivity contribution in [2.45, 2.75) is 19.0 Å². The molecule has 0 amide bonds. The van der Waals surface area contributed by atoms with Crippen molar-refractivity contribution in [2.24, 2.45) is 0 Å². The molecule has 1 aromatic carbocycles. The van der Waals surface area contributed by atoms with Crippen LogP contribution in [0.3, 0.4) is 0 Å². The van der Waals surface area contributed by atoms with Gasteiger partial charge in [-0.15, -0.1) is 0 Å². The number of aliphatic carboxylic acids is 1. The fourth-order valence-corrected chi connectivity index (χ4v) is 1.36. The molecule has 0 bridgehead atoms. The van der Waals surface area contributed by atoms with Gasteiger partial charge in [0.25, 0.3) is 0 Å². The van der Waals surface area contributed by atoms with Crippen LogP contribution in [-0.2, 0) is 11.0 Å². The third kappa shape index (κ3) is 2.89. The summed E-state index contributed by atoms with van der Waals surface area (Å²) in [5.41, 5.74) is -0.878. The Morgan fingerprint density at radius 2 is 2.00 bits per heavy atom. The average molecular weight is 248 g/mol. The predicted octanol–water partition coefficient (Wildman–Crippen LogP) is 2.90. The maximum absolute atomic E-state index is 12.7. The molecule has 1 unspecified atom stereocenters. The minimum Gasteiger partial charge on any atom is -0.496 e. The number of alkyl halides is 3. The smallest absolute Gasteiger partial charge is 0.419 e. The summed E-state index contributed by atoms with van der Waals surface area (Å²) in [6.45, 7) is 1.32. The Morgan fingerprint density at radius 3 is 2.41 bits per heavy atom. The molecule has 1 aromatic rings. The third-order valence-corrected chi connectivity index (χ3v) is 2.40. The second-order valence-corrected chi connectivity index (χ2v) is 3.52. The van der Waals surface area contributed by atoms with Crippen molar-refractivity contribution in [3.63, 3.8) is 0 Å². The van der Waals surface area contributed by atoms with Crippen LogP contribution in [0.5, 0.6) is 5.75 Å². The molecule has 1 atom stereocenters. The van der Waals surface area contributed by atoms with E-state index in [1.54, 1.807) is 0 Å². The zero-order valence-electron chi connectivity index (χ0n) is 9.21. The zero-order chi connectivity index (χ0) is 13.2. The number of rotatable bonds is 3. The lowest BCUT2D eigenvalue weighted by Crippen LogP contribution is -2.12. The van der Waals surface area contributed by atoms with Crippen LogP contribution in [0.1, 0.15) is 24.0 Å². The number of methoxy groups -OCH3 is 1. The molecule has 0 saturated carbocycles. The highest BCUT2D eigenvalue weighted by Gasteiger charge is 2.35. The number of carboxylic acid groups (broad SMARTS) is 1. The average Bonchev–Trinajstić information content (AvgIpc) is 2.25. The first-order valence-electron chi connectivity index (χ1n) is 4.75. The topological polar surface area (TPSA) is 46.5 Å². The molecule has 0 aliphatic rings. The fourth-order valence-electron chi connectivity index (χ4n) is 1.36. The Hall–Kier alpha value is -1.72. The van der Waals surface area contributed by atoms with Crippen molar-refractivity contribution in [2.75, 3.05) is 7.11 Å². The lowest BCUT2D eigenvalue weighted by Gasteiger charge is -2.14. The highest BCUT2D eigenvalue weighted by atomic mass is 19.4. The maximum Gasteiger partial charge on any atom is 0.419 e. The molecule has 0 aliphatic carbocycles. The molecule has 0 aliphatic heterocycles. The summed E-state index contributed by atoms with van der Waals surface area (Å²) in [5.74, 6) is -2.50. The van der Waals surface area contributed by atoms with Gasteiger partial charge in [-0.25, -0.2) is 0 Å². The molecule has 0 fully saturated rings. The highest BCUT2D eigenvalue weighted by molar-refractivity contribution is 5.75. The third-order valence-electron chi connectivity index (χ3n) is 2.40. The van der Waals surface area contributed by atoms with E-state index in [0.29, 0.717) is 0 Å². The SMILES string of the molecule is COc1ccc(C(C)C(=O)O)cc1C(F)(F)F. The maximum atomic E-state index is 12.7. The highest BCUT2D eigenvalue weighted by Crippen LogP contribution is 2.37. The number of carboxylic acids is 1. The Kier molecular flexibility index (Phi) is 3.65. The Labute approximate surface area is 95.8 Å². The van der Waals surface area contributed by atoms with Crippen LogP contribution in [0.2, 0.25) is 0 Å². The lowest BCUT2D eigenvalue weighted by atomic mass is 9.98. The van der Waals surface area contributed by atoms with E-state index in [1.165, 1.54) is 13.0 Å². The van der Waals surface area contributed by atoms with Crippen molar-refractivity contribution in [1.29, 1.82) is 0 Å². The number of benzene rings is 1. The standard InChI is InChI=1S/C11H11F3O3/c1-6(10(15)16)7-3-4-9(17-2)8(5-7)11(12,13)14/h3-6H,1-2H3,(H,15,16). The Morgan fingerprint density at radius 1 is 1.41 bits per heavy atom. The zero-order valence-corrected chi connectivity index (χ0v) is 9.21. The second kappa shape index (κ2) is 4.65. The molecule has 0 aromatic heterocycles. The molecule has 6 heteroatoms. The Bertz CT molecular complexity index is 426. The van der Waals surface area contributed by atoms with Crippen LogP contribution in [-0.4, -0.2) is 18.2 Å². The van der Waals surface area contributed by atoms with E-state index in [4.69, 9.17) is 5.11 Å². The van der Waals surface area contributed by atoms with Crippen LogP contribution in [0.4, 0.5) is 13.2 Å². The van der Waals surface area contributed by atoms with Crippen LogP contribution in [0, 0.1) is 0 Å². The molecule has 17 heavy (non-hydrogen) atoms. The van der Waals surface area contributed by atoms with E-state index in [2.05, 4.69) is 4.74 Å². The molecule has 0 spiro atoms. The first-order chi connectivity index (χ1) is 7.77. The summed E-state index contributed by atoms with van der Waals surface area (Å²) in [6.07, 6.45) is -4.57. The van der Waals surface area contributed by atoms with Crippen LogP contribution >= 0.6 is 0 Å². The van der Waals surface area contributed by atoms with E-state index in [1.807, 2.05) is 0 Å². The number of ether oxygens (including phenoxy) is 1. The first-order valence-corrected chi connectivity index (χ1v) is 4.75. The van der Waals surface area contributed by atoms with Gasteiger partial charge in [0.05, 0.1) is 18.6 Å². The van der Waals surface area contributed by atoms with Gasteiger partial charge in [-0.3, -0.25) is 4.79 Å². The van der Waals surface area contributed by atoms with E-state index in [9.17, 15) is 18.0 Å². The van der Waals surface area contributed by atoms with Gasteiger partial charge in [0.2, 0.25) is 0 Å². The van der Waals surface area contributed by atoms with Gasteiger partial charge >= 0.3 is 12.1 Å². The number of carbonyl (C=O) groups is 1. The summed E-state index contributed by atoms with van der Waals surface area (Å²) in [6, 6.07) is 3.24. The minimum atomic E-state index is -4.57. The molecular formula is C11H11F3O3. The molecule has 0 heterocycles. The molecular weight excluding hydrogens is 237 g/mol. The molecule has 0 saturated heterocycles. The number of halogens is 3. The summed E-state index contributed by atoms with van der Waals surface area (Å²) >= 11 is 0. The monoisotopic (exact) mass is 248 g/mol. The summed E-state index contributed by atoms with van der Waals surface area (Å²) in [7, 11) is 1.13. The van der Waals surface area contributed by atoms with Gasteiger partial charge < -0.3 is 9.84 Å². The largest absolute Gasteiger partial charge is 0.496 e. The van der Waals surface area contributed by atoms with Crippen molar-refractivity contribution in [1.82, 2.24) is 0 Å². The molecule has 1 N–H and O–H groups in total. The Balaban J connectivity index is 3.27. The van der Waals surface area contributed by atoms with Crippen LogP contribution in [0.15, 0.2) is 18.2 Å². The van der Waals surface area contributed by atoms with E-state index < -0.39 is 23.6 Å². The second-order valence-electron chi connectivity index (χ2n) is 3.52. The summed E-state index contributed by atoms with van der Waals surface area (Å²) in [4.78, 5) is 10.7. The van der Waals surface area contributed by atoms with Gasteiger partial charge in [0.1, 0.15) is 5.75 Å². The van der Waals surface area contributed by atoms with Gasteiger partial charge in [0.15, 0.2) is 0 Å². The van der Waals surface area contributed by atoms with Gasteiger partial charge in [-0.05, 0) is 24.6 Å². The molecule has 3 nitrogen and oxygen atoms in total. The quantitative estimate of drug-likeness (QED) is 0.894. The van der Waals surface area contributed by atoms with Crippen molar-refractivity contribution < 1.29 is 27.8 Å². The lowest BCUT2D eigenvalue weighted by molar-refractivity contribution is -0.140. The van der Waals surface area contributed by atoms with Crippen molar-refractivity contribution >= 4 is 5.97 Å². The van der Waals surface area contributed by atoms with Crippen molar-refractivity contribution in [3.05, 3.63) is 29.3 Å². The van der Waals surface area contributed by atoms with Crippen LogP contribution in [0.25, 0.3) is 0 Å². The fraction of sp³-hybridized carbons (Fsp3) is 0.364. The van der Waals surface area contributed by atoms with Gasteiger partial charge in [-0.1, -0.05) is 6.07 Å². The number of hydrogen-bond donors (Lipinski definition) is 1. The molecule has 1 rings (SSSR count). The molecule has 0 radical (unpaired) electrons. The normalized spacial score (nSPS) is 13.2. The van der Waals surface area contributed by atoms with Crippen molar-refractivity contribution in [3.8, 4) is 5.75 Å². The van der Waals surface area contributed by atoms with E-state index in [-0.39, 0.29) is 11.3 Å². The minimum absolute atomic E-state index is 0.0885. The number of hydrogen-bond acceptors (Lipinski definition) is 2. The summed E-state index contributed by atoms with van der Waals surface area (Å²) < 4.78 is 42.6. The first kappa shape index (κ1) is 13.3. The summed E-state index contributed by atoms with van der Waals surface area (Å²) in [5, 5.41) is 8.74. The predicted molar refractivity (Wildman–Crippen MR) is 54.0 cm³/mol. The van der Waals surface area contributed by atoms with Crippen LogP contribution < -0.4 is 4.74 Å². The van der Waals surface area contributed by atoms with E-state index in [0.717, 1.165) is 19.2 Å². The van der Waals surface area contributed by atoms with Gasteiger partial charge in [-0.2, -0.15) is 13.2 Å². The van der Waals surface area contributed by atoms with E-state index >= 15 is 0 Å². The van der Waals surface area contributed by atoms with Gasteiger partial charge in [0, 0.05) is 0 Å².